The van der Waals surface area contributed by atoms with E-state index in [0.717, 1.165) is 9.13 Å². The Balaban J connectivity index is 1.91. The molecule has 0 spiro atoms. The molecule has 0 heterocycles. The predicted molar refractivity (Wildman–Crippen MR) is 144 cm³/mol. The van der Waals surface area contributed by atoms with Gasteiger partial charge in [0, 0.05) is 33.1 Å². The molecule has 2 amide bonds. The molecule has 1 N–H and O–H groups in total. The van der Waals surface area contributed by atoms with E-state index < -0.39 is 6.04 Å². The third-order valence-corrected chi connectivity index (χ3v) is 6.46. The number of nitrogens with zero attached hydrogens (tertiary/aromatic N) is 1. The Kier molecular flexibility index (Phi) is 10.0. The molecule has 1 atom stereocenters. The first kappa shape index (κ1) is 26.3. The van der Waals surface area contributed by atoms with Crippen LogP contribution in [0.3, 0.4) is 0 Å². The monoisotopic (exact) mass is 610 g/mol. The average molecular weight is 611 g/mol. The van der Waals surface area contributed by atoms with Crippen LogP contribution in [0.15, 0.2) is 72.8 Å². The number of rotatable bonds is 10. The van der Waals surface area contributed by atoms with Crippen molar-refractivity contribution >= 4 is 57.6 Å². The highest BCUT2D eigenvalue weighted by atomic mass is 127. The lowest BCUT2D eigenvalue weighted by Crippen LogP contribution is -2.51. The van der Waals surface area contributed by atoms with E-state index in [1.54, 1.807) is 30.3 Å². The maximum Gasteiger partial charge on any atom is 0.261 e. The van der Waals surface area contributed by atoms with Crippen molar-refractivity contribution in [3.63, 3.8) is 0 Å². The summed E-state index contributed by atoms with van der Waals surface area (Å²) in [6, 6.07) is 21.4. The average Bonchev–Trinajstić information content (AvgIpc) is 2.82. The number of hydrogen-bond donors (Lipinski definition) is 1. The van der Waals surface area contributed by atoms with Crippen LogP contribution in [-0.2, 0) is 22.6 Å². The van der Waals surface area contributed by atoms with Crippen molar-refractivity contribution in [2.75, 3.05) is 13.2 Å². The fraction of sp³-hybridized carbons (Fsp3) is 0.231. The summed E-state index contributed by atoms with van der Waals surface area (Å²) in [6.45, 7) is 2.22. The molecule has 8 heteroatoms. The van der Waals surface area contributed by atoms with Gasteiger partial charge in [-0.25, -0.2) is 0 Å². The third kappa shape index (κ3) is 7.61. The van der Waals surface area contributed by atoms with Gasteiger partial charge in [0.1, 0.15) is 11.8 Å². The van der Waals surface area contributed by atoms with Gasteiger partial charge in [-0.05, 0) is 77.0 Å². The van der Waals surface area contributed by atoms with Crippen LogP contribution in [0.4, 0.5) is 0 Å². The normalized spacial score (nSPS) is 11.5. The number of carbonyl (C=O) groups excluding carboxylic acids is 2. The van der Waals surface area contributed by atoms with Crippen LogP contribution < -0.4 is 10.1 Å². The highest BCUT2D eigenvalue weighted by molar-refractivity contribution is 14.1. The van der Waals surface area contributed by atoms with Gasteiger partial charge in [0.05, 0.1) is 0 Å². The van der Waals surface area contributed by atoms with Crippen molar-refractivity contribution < 1.29 is 14.3 Å². The van der Waals surface area contributed by atoms with Crippen LogP contribution in [0, 0.1) is 3.57 Å². The molecule has 0 bridgehead atoms. The SMILES string of the molecule is CCNC(=O)[C@H](Cc1ccccc1)N(Cc1ccc(Cl)cc1Cl)C(=O)COc1ccc(I)cc1. The van der Waals surface area contributed by atoms with E-state index in [4.69, 9.17) is 27.9 Å². The molecule has 0 saturated heterocycles. The van der Waals surface area contributed by atoms with Crippen LogP contribution in [-0.4, -0.2) is 35.9 Å². The van der Waals surface area contributed by atoms with Crippen molar-refractivity contribution in [2.45, 2.75) is 25.9 Å². The summed E-state index contributed by atoms with van der Waals surface area (Å²) >= 11 is 14.7. The van der Waals surface area contributed by atoms with Crippen LogP contribution >= 0.6 is 45.8 Å². The van der Waals surface area contributed by atoms with E-state index in [-0.39, 0.29) is 25.0 Å². The van der Waals surface area contributed by atoms with E-state index in [1.165, 1.54) is 4.90 Å². The standard InChI is InChI=1S/C26H25Cl2IN2O3/c1-2-30-26(33)24(14-18-6-4-3-5-7-18)31(16-19-8-9-20(27)15-23(19)28)25(32)17-34-22-12-10-21(29)11-13-22/h3-13,15,24H,2,14,16-17H2,1H3,(H,30,33)/t24-/m0/s1. The highest BCUT2D eigenvalue weighted by Crippen LogP contribution is 2.24. The lowest BCUT2D eigenvalue weighted by atomic mass is 10.0. The molecule has 3 aromatic carbocycles. The van der Waals surface area contributed by atoms with Crippen molar-refractivity contribution in [1.82, 2.24) is 10.2 Å². The second-order valence-electron chi connectivity index (χ2n) is 7.60. The molecule has 0 unspecified atom stereocenters. The summed E-state index contributed by atoms with van der Waals surface area (Å²) in [7, 11) is 0. The number of benzene rings is 3. The van der Waals surface area contributed by atoms with Crippen molar-refractivity contribution in [1.29, 1.82) is 0 Å². The molecule has 0 aliphatic heterocycles. The first-order valence-corrected chi connectivity index (χ1v) is 12.6. The zero-order valence-corrected chi connectivity index (χ0v) is 22.3. The van der Waals surface area contributed by atoms with Gasteiger partial charge in [0.15, 0.2) is 6.61 Å². The molecule has 0 aliphatic carbocycles. The fourth-order valence-electron chi connectivity index (χ4n) is 3.44. The van der Waals surface area contributed by atoms with Crippen molar-refractivity contribution in [3.8, 4) is 5.75 Å². The third-order valence-electron chi connectivity index (χ3n) is 5.15. The Labute approximate surface area is 223 Å². The van der Waals surface area contributed by atoms with Crippen LogP contribution in [0.2, 0.25) is 10.0 Å². The fourth-order valence-corrected chi connectivity index (χ4v) is 4.27. The first-order chi connectivity index (χ1) is 16.4. The van der Waals surface area contributed by atoms with Crippen LogP contribution in [0.1, 0.15) is 18.1 Å². The summed E-state index contributed by atoms with van der Waals surface area (Å²) in [4.78, 5) is 28.1. The summed E-state index contributed by atoms with van der Waals surface area (Å²) in [5.74, 6) is 0.0201. The summed E-state index contributed by atoms with van der Waals surface area (Å²) in [5.41, 5.74) is 1.63. The Morgan fingerprint density at radius 2 is 1.74 bits per heavy atom. The lowest BCUT2D eigenvalue weighted by molar-refractivity contribution is -0.142. The van der Waals surface area contributed by atoms with Gasteiger partial charge < -0.3 is 15.0 Å². The topological polar surface area (TPSA) is 58.6 Å². The Morgan fingerprint density at radius 1 is 1.03 bits per heavy atom. The van der Waals surface area contributed by atoms with Gasteiger partial charge in [0.25, 0.3) is 5.91 Å². The number of nitrogens with one attached hydrogen (secondary N) is 1. The van der Waals surface area contributed by atoms with Gasteiger partial charge in [-0.2, -0.15) is 0 Å². The smallest absolute Gasteiger partial charge is 0.261 e. The second kappa shape index (κ2) is 13.0. The number of ether oxygens (including phenoxy) is 1. The number of carbonyl (C=O) groups is 2. The van der Waals surface area contributed by atoms with Crippen molar-refractivity contribution in [2.24, 2.45) is 0 Å². The van der Waals surface area contributed by atoms with Crippen LogP contribution in [0.25, 0.3) is 0 Å². The molecule has 0 fully saturated rings. The number of likely N-dealkylation sites (N-methyl/N-ethyl adjacent to an activating group) is 1. The molecule has 0 aliphatic rings. The van der Waals surface area contributed by atoms with E-state index in [1.807, 2.05) is 49.4 Å². The molecule has 5 nitrogen and oxygen atoms in total. The molecule has 3 aromatic rings. The van der Waals surface area contributed by atoms with Gasteiger partial charge in [-0.3, -0.25) is 9.59 Å². The quantitative estimate of drug-likeness (QED) is 0.297. The molecule has 3 rings (SSSR count). The molecular formula is C26H25Cl2IN2O3. The van der Waals surface area contributed by atoms with Gasteiger partial charge >= 0.3 is 0 Å². The molecule has 34 heavy (non-hydrogen) atoms. The number of hydrogen-bond acceptors (Lipinski definition) is 3. The summed E-state index contributed by atoms with van der Waals surface area (Å²) in [5, 5.41) is 3.79. The molecule has 0 radical (unpaired) electrons. The minimum absolute atomic E-state index is 0.138. The van der Waals surface area contributed by atoms with Gasteiger partial charge in [-0.1, -0.05) is 59.6 Å². The van der Waals surface area contributed by atoms with E-state index in [2.05, 4.69) is 27.9 Å². The molecular weight excluding hydrogens is 586 g/mol. The maximum atomic E-state index is 13.5. The Morgan fingerprint density at radius 3 is 2.38 bits per heavy atom. The minimum atomic E-state index is -0.748. The number of amides is 2. The van der Waals surface area contributed by atoms with Gasteiger partial charge in [0.2, 0.25) is 5.91 Å². The van der Waals surface area contributed by atoms with Gasteiger partial charge in [-0.15, -0.1) is 0 Å². The summed E-state index contributed by atoms with van der Waals surface area (Å²) in [6.07, 6.45) is 0.354. The van der Waals surface area contributed by atoms with Crippen LogP contribution in [0.5, 0.6) is 5.75 Å². The zero-order chi connectivity index (χ0) is 24.5. The zero-order valence-electron chi connectivity index (χ0n) is 18.6. The first-order valence-electron chi connectivity index (χ1n) is 10.8. The highest BCUT2D eigenvalue weighted by Gasteiger charge is 2.31. The molecule has 0 aromatic heterocycles. The largest absolute Gasteiger partial charge is 0.484 e. The Hall–Kier alpha value is -2.29. The maximum absolute atomic E-state index is 13.5. The second-order valence-corrected chi connectivity index (χ2v) is 9.69. The summed E-state index contributed by atoms with van der Waals surface area (Å²) < 4.78 is 6.81. The van der Waals surface area contributed by atoms with Crippen molar-refractivity contribution in [3.05, 3.63) is 97.5 Å². The minimum Gasteiger partial charge on any atom is -0.484 e. The number of halogens is 3. The molecule has 0 saturated carbocycles. The van der Waals surface area contributed by atoms with E-state index >= 15 is 0 Å². The van der Waals surface area contributed by atoms with E-state index in [9.17, 15) is 9.59 Å². The Bertz CT molecular complexity index is 1110. The molecule has 178 valence electrons. The predicted octanol–water partition coefficient (Wildman–Crippen LogP) is 5.75. The lowest BCUT2D eigenvalue weighted by Gasteiger charge is -2.31. The van der Waals surface area contributed by atoms with E-state index in [0.29, 0.717) is 34.3 Å².